The highest BCUT2D eigenvalue weighted by Gasteiger charge is 2.54. The van der Waals surface area contributed by atoms with E-state index in [1.165, 1.54) is 12.8 Å². The number of rotatable bonds is 3. The summed E-state index contributed by atoms with van der Waals surface area (Å²) in [6.07, 6.45) is 5.45. The third-order valence-electron chi connectivity index (χ3n) is 19.5. The normalized spacial score (nSPS) is 18.8. The molecule has 0 saturated heterocycles. The van der Waals surface area contributed by atoms with Crippen molar-refractivity contribution in [1.29, 1.82) is 0 Å². The second-order valence-electron chi connectivity index (χ2n) is 32.4. The molecule has 10 rings (SSSR count). The van der Waals surface area contributed by atoms with Crippen LogP contribution >= 0.6 is 0 Å². The van der Waals surface area contributed by atoms with Crippen molar-refractivity contribution in [3.8, 4) is 34.5 Å². The van der Waals surface area contributed by atoms with E-state index >= 15 is 0 Å². The Morgan fingerprint density at radius 2 is 0.549 bits per heavy atom. The first-order valence-electron chi connectivity index (χ1n) is 30.7. The third-order valence-corrected chi connectivity index (χ3v) is 19.5. The second-order valence-corrected chi connectivity index (χ2v) is 32.4. The van der Waals surface area contributed by atoms with Crippen LogP contribution in [0, 0.1) is 23.2 Å². The minimum absolute atomic E-state index is 0.132. The third kappa shape index (κ3) is 12.2. The van der Waals surface area contributed by atoms with Crippen LogP contribution in [0.1, 0.15) is 258 Å². The van der Waals surface area contributed by atoms with E-state index < -0.39 is 0 Å². The molecule has 5 N–H and O–H groups in total. The molecule has 3 fully saturated rings. The van der Waals surface area contributed by atoms with Gasteiger partial charge in [0.2, 0.25) is 0 Å². The summed E-state index contributed by atoms with van der Waals surface area (Å²) >= 11 is 0. The molecule has 4 aliphatic carbocycles. The molecule has 0 aliphatic heterocycles. The molecule has 6 heteroatoms. The summed E-state index contributed by atoms with van der Waals surface area (Å²) in [5.74, 6) is 3.41. The Kier molecular flexibility index (Phi) is 15.6. The van der Waals surface area contributed by atoms with E-state index in [1.54, 1.807) is 0 Å². The lowest BCUT2D eigenvalue weighted by Gasteiger charge is -2.60. The molecule has 0 spiro atoms. The summed E-state index contributed by atoms with van der Waals surface area (Å²) in [7, 11) is 0. The molecule has 0 aromatic heterocycles. The fourth-order valence-corrected chi connectivity index (χ4v) is 13.5. The summed E-state index contributed by atoms with van der Waals surface area (Å²) < 4.78 is 7.43. The van der Waals surface area contributed by atoms with Gasteiger partial charge in [0.1, 0.15) is 34.5 Å². The number of hydrogen-bond acceptors (Lipinski definition) is 6. The van der Waals surface area contributed by atoms with Crippen molar-refractivity contribution in [2.45, 2.75) is 229 Å². The van der Waals surface area contributed by atoms with Crippen molar-refractivity contribution in [1.82, 2.24) is 0 Å². The first kappa shape index (κ1) is 60.7. The van der Waals surface area contributed by atoms with Crippen LogP contribution in [0.25, 0.3) is 0 Å². The molecule has 3 saturated carbocycles. The van der Waals surface area contributed by atoms with Crippen LogP contribution in [0.5, 0.6) is 34.5 Å². The number of aromatic hydroxyl groups is 5. The van der Waals surface area contributed by atoms with Crippen molar-refractivity contribution in [3.05, 3.63) is 173 Å². The number of ether oxygens (including phenoxy) is 1. The minimum Gasteiger partial charge on any atom is -0.507 e. The molecular formula is C76H100O6. The minimum atomic E-state index is -0.296. The van der Waals surface area contributed by atoms with E-state index in [4.69, 9.17) is 4.74 Å². The first-order valence-corrected chi connectivity index (χ1v) is 30.7. The number of hydrogen-bond donors (Lipinski definition) is 5. The van der Waals surface area contributed by atoms with E-state index in [1.807, 2.05) is 0 Å². The molecule has 6 aromatic rings. The highest BCUT2D eigenvalue weighted by Crippen LogP contribution is 2.61. The molecule has 14 bridgehead atoms. The highest BCUT2D eigenvalue weighted by atomic mass is 16.5. The average molecular weight is 1110 g/mol. The Hall–Kier alpha value is -5.88. The smallest absolute Gasteiger partial charge is 0.126 e. The largest absolute Gasteiger partial charge is 0.507 e. The molecule has 0 amide bonds. The monoisotopic (exact) mass is 1110 g/mol. The van der Waals surface area contributed by atoms with Gasteiger partial charge in [-0.15, -0.1) is 0 Å². The van der Waals surface area contributed by atoms with Crippen LogP contribution < -0.4 is 4.74 Å². The van der Waals surface area contributed by atoms with Gasteiger partial charge in [-0.05, 0) is 175 Å². The Labute approximate surface area is 493 Å². The van der Waals surface area contributed by atoms with E-state index in [2.05, 4.69) is 211 Å². The van der Waals surface area contributed by atoms with Crippen molar-refractivity contribution >= 4 is 0 Å². The Balaban J connectivity index is 1.35. The lowest BCUT2D eigenvalue weighted by Crippen LogP contribution is -2.53. The van der Waals surface area contributed by atoms with E-state index in [9.17, 15) is 25.5 Å². The van der Waals surface area contributed by atoms with Gasteiger partial charge in [0, 0.05) is 38.5 Å². The van der Waals surface area contributed by atoms with Crippen LogP contribution in [0.15, 0.2) is 72.8 Å². The molecule has 3 unspecified atom stereocenters. The second kappa shape index (κ2) is 21.0. The molecule has 6 aromatic carbocycles. The van der Waals surface area contributed by atoms with Crippen LogP contribution in [0.2, 0.25) is 0 Å². The zero-order valence-corrected chi connectivity index (χ0v) is 53.9. The first-order chi connectivity index (χ1) is 37.7. The lowest BCUT2D eigenvalue weighted by molar-refractivity contribution is -0.114. The standard InChI is InChI=1S/C76H100O6/c1-70(2,3)57-29-44-23-46-31-58(71(4,5)6)33-48(65(46)78)25-50-35-60(73(10,11)12)37-52(67(50)80)27-54-39-62(75(16,17)18)40-55(69(54)82-42-43-21-22-56-41-63(43)76(56,19)20)28-53-38-61(74(13,14)15)36-51(68(53)81)26-49-34-59(72(7,8)9)32-47(66(49)79)24-45(30-57)64(44)77/h29-40,43,56,63,77-81H,21-28,41-42H2,1-20H3. The summed E-state index contributed by atoms with van der Waals surface area (Å²) in [5, 5.41) is 63.9. The molecule has 440 valence electrons. The highest BCUT2D eigenvalue weighted by molar-refractivity contribution is 5.61. The van der Waals surface area contributed by atoms with Gasteiger partial charge in [0.05, 0.1) is 6.61 Å². The Morgan fingerprint density at radius 3 is 0.744 bits per heavy atom. The quantitative estimate of drug-likeness (QED) is 0.121. The molecule has 3 atom stereocenters. The Morgan fingerprint density at radius 1 is 0.341 bits per heavy atom. The predicted octanol–water partition coefficient (Wildman–Crippen LogP) is 18.3. The summed E-state index contributed by atoms with van der Waals surface area (Å²) in [6.45, 7) is 45.1. The van der Waals surface area contributed by atoms with Crippen molar-refractivity contribution in [3.63, 3.8) is 0 Å². The Bertz CT molecular complexity index is 3240. The van der Waals surface area contributed by atoms with Gasteiger partial charge in [0.25, 0.3) is 0 Å². The van der Waals surface area contributed by atoms with Crippen LogP contribution in [-0.4, -0.2) is 32.1 Å². The van der Waals surface area contributed by atoms with Gasteiger partial charge >= 0.3 is 0 Å². The van der Waals surface area contributed by atoms with Crippen molar-refractivity contribution < 1.29 is 30.3 Å². The summed E-state index contributed by atoms with van der Waals surface area (Å²) in [4.78, 5) is 0. The number of phenolic OH excluding ortho intramolecular Hbond substituents is 5. The lowest BCUT2D eigenvalue weighted by atomic mass is 9.46. The average Bonchev–Trinajstić information content (AvgIpc) is 3.05. The molecule has 0 heterocycles. The van der Waals surface area contributed by atoms with Gasteiger partial charge < -0.3 is 30.3 Å². The van der Waals surface area contributed by atoms with E-state index in [0.29, 0.717) is 64.7 Å². The van der Waals surface area contributed by atoms with Gasteiger partial charge in [-0.2, -0.15) is 0 Å². The molecule has 6 nitrogen and oxygen atoms in total. The topological polar surface area (TPSA) is 110 Å². The molecule has 82 heavy (non-hydrogen) atoms. The summed E-state index contributed by atoms with van der Waals surface area (Å²) in [5.41, 5.74) is 14.2. The maximum atomic E-state index is 12.9. The van der Waals surface area contributed by atoms with Crippen molar-refractivity contribution in [2.75, 3.05) is 6.61 Å². The SMILES string of the molecule is CC(C)(C)c1cc2c(O)c(c1)Cc1cc(C(C)(C)C)cc(c1O)Cc1cc(C(C)(C)C)cc(c1O)Cc1cc(C(C)(C)C)cc(c1OCC1CCC3CC1C3(C)C)Cc1cc(C(C)(C)C)cc(c1O)Cc1cc(C(C)(C)C)cc(c1O)C2. The number of phenols is 5. The van der Waals surface area contributed by atoms with Crippen LogP contribution in [-0.2, 0) is 71.0 Å². The summed E-state index contributed by atoms with van der Waals surface area (Å²) in [6, 6.07) is 25.7. The van der Waals surface area contributed by atoms with E-state index in [-0.39, 0.29) is 92.3 Å². The number of benzene rings is 6. The van der Waals surface area contributed by atoms with Gasteiger partial charge in [-0.3, -0.25) is 0 Å². The molecular weight excluding hydrogens is 1010 g/mol. The van der Waals surface area contributed by atoms with Crippen LogP contribution in [0.4, 0.5) is 0 Å². The fourth-order valence-electron chi connectivity index (χ4n) is 13.5. The molecule has 4 aliphatic rings. The van der Waals surface area contributed by atoms with E-state index in [0.717, 1.165) is 84.8 Å². The number of fused-ring (bicyclic) bond motifs is 14. The van der Waals surface area contributed by atoms with Gasteiger partial charge in [-0.25, -0.2) is 0 Å². The zero-order chi connectivity index (χ0) is 60.4. The zero-order valence-electron chi connectivity index (χ0n) is 53.9. The predicted molar refractivity (Wildman–Crippen MR) is 340 cm³/mol. The molecule has 0 radical (unpaired) electrons. The maximum absolute atomic E-state index is 12.9. The van der Waals surface area contributed by atoms with Gasteiger partial charge in [0.15, 0.2) is 0 Å². The van der Waals surface area contributed by atoms with Crippen molar-refractivity contribution in [2.24, 2.45) is 23.2 Å². The fraction of sp³-hybridized carbons (Fsp3) is 0.526. The maximum Gasteiger partial charge on any atom is 0.126 e. The van der Waals surface area contributed by atoms with Gasteiger partial charge in [-0.1, -0.05) is 211 Å². The van der Waals surface area contributed by atoms with Crippen LogP contribution in [0.3, 0.4) is 0 Å².